The number of hydrogen-bond acceptors (Lipinski definition) is 5. The minimum absolute atomic E-state index is 0.0410. The summed E-state index contributed by atoms with van der Waals surface area (Å²) < 4.78 is 0. The molecule has 0 radical (unpaired) electrons. The molecule has 1 N–H and O–H groups in total. The van der Waals surface area contributed by atoms with Crippen LogP contribution >= 0.6 is 0 Å². The molecule has 2 heterocycles. The molecule has 0 saturated carbocycles. The molecule has 3 rings (SSSR count). The van der Waals surface area contributed by atoms with E-state index in [1.807, 2.05) is 0 Å². The Labute approximate surface area is 165 Å². The van der Waals surface area contributed by atoms with Gasteiger partial charge in [0, 0.05) is 38.8 Å². The Morgan fingerprint density at radius 1 is 1.04 bits per heavy atom. The van der Waals surface area contributed by atoms with Crippen LogP contribution in [-0.2, 0) is 4.79 Å². The van der Waals surface area contributed by atoms with Crippen molar-refractivity contribution in [1.29, 1.82) is 0 Å². The molecule has 7 heteroatoms. The van der Waals surface area contributed by atoms with Crippen LogP contribution in [-0.4, -0.2) is 57.8 Å². The Bertz CT molecular complexity index is 856. The van der Waals surface area contributed by atoms with E-state index in [1.165, 1.54) is 11.8 Å². The molecule has 1 saturated heterocycles. The minimum atomic E-state index is -0.152. The van der Waals surface area contributed by atoms with Crippen LogP contribution < -0.4 is 5.32 Å². The lowest BCUT2D eigenvalue weighted by Crippen LogP contribution is -2.50. The number of benzene rings is 1. The number of aryl methyl sites for hydroxylation is 1. The van der Waals surface area contributed by atoms with Gasteiger partial charge in [-0.1, -0.05) is 32.0 Å². The van der Waals surface area contributed by atoms with E-state index < -0.39 is 0 Å². The summed E-state index contributed by atoms with van der Waals surface area (Å²) in [7, 11) is 0. The number of rotatable bonds is 4. The summed E-state index contributed by atoms with van der Waals surface area (Å²) >= 11 is 0. The lowest BCUT2D eigenvalue weighted by molar-refractivity contribution is -0.130. The van der Waals surface area contributed by atoms with E-state index in [-0.39, 0.29) is 11.8 Å². The van der Waals surface area contributed by atoms with Crippen LogP contribution in [0.25, 0.3) is 0 Å². The van der Waals surface area contributed by atoms with E-state index in [0.29, 0.717) is 43.6 Å². The van der Waals surface area contributed by atoms with Crippen molar-refractivity contribution in [3.8, 4) is 0 Å². The summed E-state index contributed by atoms with van der Waals surface area (Å²) in [5.41, 5.74) is 3.70. The van der Waals surface area contributed by atoms with Crippen molar-refractivity contribution in [2.75, 3.05) is 31.5 Å². The predicted octanol–water partition coefficient (Wildman–Crippen LogP) is 2.96. The molecule has 2 amide bonds. The number of aromatic nitrogens is 2. The maximum Gasteiger partial charge on any atom is 0.274 e. The van der Waals surface area contributed by atoms with E-state index in [2.05, 4.69) is 54.3 Å². The largest absolute Gasteiger partial charge is 0.339 e. The Morgan fingerprint density at radius 2 is 1.71 bits per heavy atom. The molecule has 7 nitrogen and oxygen atoms in total. The summed E-state index contributed by atoms with van der Waals surface area (Å²) in [6, 6.07) is 6.21. The highest BCUT2D eigenvalue weighted by molar-refractivity contribution is 5.92. The molecule has 0 aliphatic carbocycles. The fourth-order valence-corrected chi connectivity index (χ4v) is 3.36. The second-order valence-corrected chi connectivity index (χ2v) is 7.40. The zero-order valence-electron chi connectivity index (χ0n) is 16.9. The highest BCUT2D eigenvalue weighted by Gasteiger charge is 2.24. The predicted molar refractivity (Wildman–Crippen MR) is 109 cm³/mol. The molecule has 1 aromatic carbocycles. The Morgan fingerprint density at radius 3 is 2.29 bits per heavy atom. The molecular weight excluding hydrogens is 354 g/mol. The third-order valence-corrected chi connectivity index (χ3v) is 5.06. The van der Waals surface area contributed by atoms with Crippen LogP contribution in [0.1, 0.15) is 48.3 Å². The number of carbonyl (C=O) groups excluding carboxylic acids is 2. The van der Waals surface area contributed by atoms with Crippen LogP contribution in [0.4, 0.5) is 11.5 Å². The number of piperazine rings is 1. The van der Waals surface area contributed by atoms with Crippen molar-refractivity contribution in [1.82, 2.24) is 19.8 Å². The van der Waals surface area contributed by atoms with Gasteiger partial charge in [0.15, 0.2) is 0 Å². The lowest BCUT2D eigenvalue weighted by atomic mass is 9.98. The van der Waals surface area contributed by atoms with Crippen LogP contribution in [0.15, 0.2) is 30.6 Å². The van der Waals surface area contributed by atoms with Gasteiger partial charge in [0.05, 0.1) is 12.4 Å². The Hall–Kier alpha value is -2.96. The quantitative estimate of drug-likeness (QED) is 0.881. The highest BCUT2D eigenvalue weighted by atomic mass is 16.2. The van der Waals surface area contributed by atoms with Crippen molar-refractivity contribution in [3.63, 3.8) is 0 Å². The molecule has 148 valence electrons. The van der Waals surface area contributed by atoms with Gasteiger partial charge < -0.3 is 15.1 Å². The monoisotopic (exact) mass is 381 g/mol. The first-order valence-electron chi connectivity index (χ1n) is 9.60. The van der Waals surface area contributed by atoms with Gasteiger partial charge in [-0.05, 0) is 24.0 Å². The van der Waals surface area contributed by atoms with Crippen molar-refractivity contribution in [2.45, 2.75) is 33.6 Å². The average Bonchev–Trinajstić information content (AvgIpc) is 2.69. The Balaban J connectivity index is 1.69. The van der Waals surface area contributed by atoms with Gasteiger partial charge >= 0.3 is 0 Å². The SMILES string of the molecule is CC(=O)N1CCN(C(=O)c2cnc(Nc3c(C)cccc3C(C)C)cn2)CC1. The number of nitrogens with zero attached hydrogens (tertiary/aromatic N) is 4. The molecule has 1 aliphatic rings. The summed E-state index contributed by atoms with van der Waals surface area (Å²) in [6.45, 7) is 10.0. The fraction of sp³-hybridized carbons (Fsp3) is 0.429. The van der Waals surface area contributed by atoms with E-state index in [9.17, 15) is 9.59 Å². The van der Waals surface area contributed by atoms with Gasteiger partial charge in [-0.15, -0.1) is 0 Å². The van der Waals surface area contributed by atoms with Gasteiger partial charge in [0.25, 0.3) is 5.91 Å². The molecule has 0 spiro atoms. The Kier molecular flexibility index (Phi) is 5.92. The number of hydrogen-bond donors (Lipinski definition) is 1. The first-order valence-corrected chi connectivity index (χ1v) is 9.60. The molecule has 0 atom stereocenters. The topological polar surface area (TPSA) is 78.4 Å². The normalized spacial score (nSPS) is 14.3. The van der Waals surface area contributed by atoms with E-state index in [1.54, 1.807) is 22.9 Å². The van der Waals surface area contributed by atoms with Crippen LogP contribution in [0.2, 0.25) is 0 Å². The van der Waals surface area contributed by atoms with Gasteiger partial charge in [0.1, 0.15) is 11.5 Å². The summed E-state index contributed by atoms with van der Waals surface area (Å²) in [6.07, 6.45) is 3.10. The molecule has 0 unspecified atom stereocenters. The first kappa shape index (κ1) is 19.8. The number of nitrogens with one attached hydrogen (secondary N) is 1. The number of amides is 2. The number of carbonyl (C=O) groups is 2. The summed E-state index contributed by atoms with van der Waals surface area (Å²) in [5, 5.41) is 3.34. The van der Waals surface area contributed by atoms with Crippen molar-refractivity contribution >= 4 is 23.3 Å². The zero-order chi connectivity index (χ0) is 20.3. The third-order valence-electron chi connectivity index (χ3n) is 5.06. The van der Waals surface area contributed by atoms with Crippen molar-refractivity contribution in [2.24, 2.45) is 0 Å². The standard InChI is InChI=1S/C21H27N5O2/c1-14(2)17-7-5-6-15(3)20(17)24-19-13-22-18(12-23-19)21(28)26-10-8-25(9-11-26)16(4)27/h5-7,12-14H,8-11H2,1-4H3,(H,23,24). The van der Waals surface area contributed by atoms with Gasteiger partial charge in [-0.25, -0.2) is 9.97 Å². The zero-order valence-corrected chi connectivity index (χ0v) is 16.9. The molecule has 2 aromatic rings. The molecule has 1 aliphatic heterocycles. The molecular formula is C21H27N5O2. The van der Waals surface area contributed by atoms with E-state index in [0.717, 1.165) is 11.3 Å². The third kappa shape index (κ3) is 4.30. The average molecular weight is 381 g/mol. The second kappa shape index (κ2) is 8.37. The van der Waals surface area contributed by atoms with E-state index >= 15 is 0 Å². The van der Waals surface area contributed by atoms with Crippen molar-refractivity contribution < 1.29 is 9.59 Å². The highest BCUT2D eigenvalue weighted by Crippen LogP contribution is 2.29. The number of anilines is 2. The number of para-hydroxylation sites is 1. The summed E-state index contributed by atoms with van der Waals surface area (Å²) in [5.74, 6) is 0.874. The second-order valence-electron chi connectivity index (χ2n) is 7.40. The maximum atomic E-state index is 12.6. The molecule has 1 aromatic heterocycles. The fourth-order valence-electron chi connectivity index (χ4n) is 3.36. The van der Waals surface area contributed by atoms with Gasteiger partial charge in [0.2, 0.25) is 5.91 Å². The van der Waals surface area contributed by atoms with Crippen LogP contribution in [0.5, 0.6) is 0 Å². The van der Waals surface area contributed by atoms with Crippen LogP contribution in [0, 0.1) is 6.92 Å². The molecule has 28 heavy (non-hydrogen) atoms. The van der Waals surface area contributed by atoms with Crippen LogP contribution in [0.3, 0.4) is 0 Å². The van der Waals surface area contributed by atoms with E-state index in [4.69, 9.17) is 0 Å². The molecule has 0 bridgehead atoms. The minimum Gasteiger partial charge on any atom is -0.339 e. The van der Waals surface area contributed by atoms with Crippen molar-refractivity contribution in [3.05, 3.63) is 47.4 Å². The lowest BCUT2D eigenvalue weighted by Gasteiger charge is -2.33. The molecule has 1 fully saturated rings. The van der Waals surface area contributed by atoms with Gasteiger partial charge in [-0.3, -0.25) is 9.59 Å². The first-order chi connectivity index (χ1) is 13.4. The van der Waals surface area contributed by atoms with Gasteiger partial charge in [-0.2, -0.15) is 0 Å². The maximum absolute atomic E-state index is 12.6. The smallest absolute Gasteiger partial charge is 0.274 e. The summed E-state index contributed by atoms with van der Waals surface area (Å²) in [4.78, 5) is 36.2.